The van der Waals surface area contributed by atoms with E-state index in [2.05, 4.69) is 15.2 Å². The monoisotopic (exact) mass is 299 g/mol. The first-order chi connectivity index (χ1) is 10.1. The molecule has 0 aliphatic rings. The number of fused-ring (bicyclic) bond motifs is 1. The average molecular weight is 300 g/mol. The van der Waals surface area contributed by atoms with Crippen molar-refractivity contribution in [2.75, 3.05) is 0 Å². The van der Waals surface area contributed by atoms with Gasteiger partial charge in [0.05, 0.1) is 10.5 Å². The van der Waals surface area contributed by atoms with Crippen molar-refractivity contribution in [1.82, 2.24) is 4.98 Å². The topological polar surface area (TPSA) is 78.1 Å². The summed E-state index contributed by atoms with van der Waals surface area (Å²) in [6, 6.07) is 11.8. The number of hydrogen-bond acceptors (Lipinski definition) is 5. The van der Waals surface area contributed by atoms with Gasteiger partial charge in [0.25, 0.3) is 0 Å². The number of hydrogen-bond donors (Lipinski definition) is 2. The van der Waals surface area contributed by atoms with E-state index < -0.39 is 0 Å². The Morgan fingerprint density at radius 3 is 2.52 bits per heavy atom. The molecule has 0 unspecified atom stereocenters. The van der Waals surface area contributed by atoms with Crippen LogP contribution in [0.5, 0.6) is 11.5 Å². The second-order valence-corrected chi connectivity index (χ2v) is 4.75. The summed E-state index contributed by atoms with van der Waals surface area (Å²) in [5, 5.41) is 28.2. The third kappa shape index (κ3) is 2.64. The highest BCUT2D eigenvalue weighted by Crippen LogP contribution is 2.37. The third-order valence-electron chi connectivity index (χ3n) is 2.92. The summed E-state index contributed by atoms with van der Waals surface area (Å²) in [6.07, 6.45) is 1.68. The molecule has 3 rings (SSSR count). The van der Waals surface area contributed by atoms with E-state index in [1.807, 2.05) is 24.3 Å². The highest BCUT2D eigenvalue weighted by atomic mass is 35.5. The fourth-order valence-electron chi connectivity index (χ4n) is 1.90. The third-order valence-corrected chi connectivity index (χ3v) is 3.22. The Labute approximate surface area is 125 Å². The molecule has 0 aliphatic carbocycles. The van der Waals surface area contributed by atoms with Crippen molar-refractivity contribution in [3.8, 4) is 11.5 Å². The van der Waals surface area contributed by atoms with Crippen molar-refractivity contribution in [1.29, 1.82) is 0 Å². The molecule has 2 aromatic carbocycles. The van der Waals surface area contributed by atoms with Crippen LogP contribution in [0, 0.1) is 0 Å². The zero-order valence-corrected chi connectivity index (χ0v) is 11.5. The van der Waals surface area contributed by atoms with E-state index in [1.54, 1.807) is 12.3 Å². The Kier molecular flexibility index (Phi) is 3.41. The summed E-state index contributed by atoms with van der Waals surface area (Å²) in [6.45, 7) is 0. The van der Waals surface area contributed by atoms with Gasteiger partial charge in [0.2, 0.25) is 0 Å². The lowest BCUT2D eigenvalue weighted by Gasteiger charge is -2.02. The van der Waals surface area contributed by atoms with Crippen LogP contribution >= 0.6 is 11.6 Å². The summed E-state index contributed by atoms with van der Waals surface area (Å²) in [5.74, 6) is -0.409. The Morgan fingerprint density at radius 1 is 0.905 bits per heavy atom. The van der Waals surface area contributed by atoms with Crippen molar-refractivity contribution in [3.05, 3.63) is 53.7 Å². The molecule has 3 aromatic rings. The maximum absolute atomic E-state index is 9.72. The Morgan fingerprint density at radius 2 is 1.67 bits per heavy atom. The lowest BCUT2D eigenvalue weighted by atomic mass is 10.2. The summed E-state index contributed by atoms with van der Waals surface area (Å²) in [7, 11) is 0. The van der Waals surface area contributed by atoms with Crippen LogP contribution in [0.25, 0.3) is 10.9 Å². The highest BCUT2D eigenvalue weighted by molar-refractivity contribution is 6.32. The van der Waals surface area contributed by atoms with Crippen LogP contribution in [0.3, 0.4) is 0 Å². The number of aromatic hydroxyl groups is 2. The SMILES string of the molecule is Oc1cc(O)c(N=Nc2cccc3cccnc23)cc1Cl. The molecule has 0 atom stereocenters. The van der Waals surface area contributed by atoms with Gasteiger partial charge in [-0.1, -0.05) is 29.8 Å². The molecule has 21 heavy (non-hydrogen) atoms. The first-order valence-corrected chi connectivity index (χ1v) is 6.50. The predicted molar refractivity (Wildman–Crippen MR) is 80.7 cm³/mol. The van der Waals surface area contributed by atoms with Gasteiger partial charge >= 0.3 is 0 Å². The summed E-state index contributed by atoms with van der Waals surface area (Å²) >= 11 is 5.79. The van der Waals surface area contributed by atoms with Crippen LogP contribution in [0.1, 0.15) is 0 Å². The van der Waals surface area contributed by atoms with Gasteiger partial charge in [-0.25, -0.2) is 0 Å². The predicted octanol–water partition coefficient (Wildman–Crippen LogP) is 4.71. The second-order valence-electron chi connectivity index (χ2n) is 4.34. The Hall–Kier alpha value is -2.66. The molecule has 6 heteroatoms. The summed E-state index contributed by atoms with van der Waals surface area (Å²) in [5.41, 5.74) is 1.47. The molecule has 2 N–H and O–H groups in total. The molecule has 1 aromatic heterocycles. The number of halogens is 1. The van der Waals surface area contributed by atoms with E-state index in [-0.39, 0.29) is 22.2 Å². The van der Waals surface area contributed by atoms with E-state index in [9.17, 15) is 10.2 Å². The van der Waals surface area contributed by atoms with Crippen molar-refractivity contribution < 1.29 is 10.2 Å². The van der Waals surface area contributed by atoms with E-state index in [4.69, 9.17) is 11.6 Å². The fraction of sp³-hybridized carbons (Fsp3) is 0. The molecule has 0 bridgehead atoms. The van der Waals surface area contributed by atoms with Gasteiger partial charge in [-0.15, -0.1) is 10.2 Å². The van der Waals surface area contributed by atoms with Gasteiger partial charge in [-0.3, -0.25) is 4.98 Å². The largest absolute Gasteiger partial charge is 0.506 e. The van der Waals surface area contributed by atoms with E-state index in [0.29, 0.717) is 11.2 Å². The molecular formula is C15H10ClN3O2. The molecule has 0 saturated heterocycles. The van der Waals surface area contributed by atoms with E-state index >= 15 is 0 Å². The zero-order chi connectivity index (χ0) is 14.8. The van der Waals surface area contributed by atoms with Gasteiger partial charge in [0.15, 0.2) is 0 Å². The number of rotatable bonds is 2. The number of aromatic nitrogens is 1. The minimum Gasteiger partial charge on any atom is -0.506 e. The van der Waals surface area contributed by atoms with Gasteiger partial charge in [-0.05, 0) is 18.2 Å². The molecule has 0 amide bonds. The molecule has 5 nitrogen and oxygen atoms in total. The zero-order valence-electron chi connectivity index (χ0n) is 10.7. The van der Waals surface area contributed by atoms with E-state index in [0.717, 1.165) is 11.5 Å². The van der Waals surface area contributed by atoms with Crippen molar-refractivity contribution in [2.24, 2.45) is 10.2 Å². The van der Waals surface area contributed by atoms with Crippen LogP contribution in [-0.4, -0.2) is 15.2 Å². The molecule has 0 fully saturated rings. The fourth-order valence-corrected chi connectivity index (χ4v) is 2.05. The minimum absolute atomic E-state index is 0.0952. The number of phenols is 2. The van der Waals surface area contributed by atoms with E-state index in [1.165, 1.54) is 6.07 Å². The number of benzene rings is 2. The van der Waals surface area contributed by atoms with Crippen LogP contribution < -0.4 is 0 Å². The van der Waals surface area contributed by atoms with Crippen LogP contribution in [0.15, 0.2) is 58.9 Å². The maximum Gasteiger partial charge on any atom is 0.146 e. The van der Waals surface area contributed by atoms with Crippen molar-refractivity contribution >= 4 is 33.9 Å². The van der Waals surface area contributed by atoms with Crippen LogP contribution in [0.2, 0.25) is 5.02 Å². The van der Waals surface area contributed by atoms with Gasteiger partial charge < -0.3 is 10.2 Å². The molecule has 104 valence electrons. The van der Waals surface area contributed by atoms with Crippen molar-refractivity contribution in [3.63, 3.8) is 0 Å². The van der Waals surface area contributed by atoms with Crippen LogP contribution in [0.4, 0.5) is 11.4 Å². The summed E-state index contributed by atoms with van der Waals surface area (Å²) in [4.78, 5) is 4.27. The molecule has 0 saturated carbocycles. The number of azo groups is 1. The van der Waals surface area contributed by atoms with Crippen molar-refractivity contribution in [2.45, 2.75) is 0 Å². The quantitative estimate of drug-likeness (QED) is 0.672. The molecule has 1 heterocycles. The summed E-state index contributed by atoms with van der Waals surface area (Å²) < 4.78 is 0. The lowest BCUT2D eigenvalue weighted by molar-refractivity contribution is 0.451. The first-order valence-electron chi connectivity index (χ1n) is 6.12. The first kappa shape index (κ1) is 13.3. The minimum atomic E-state index is -0.208. The molecule has 0 aliphatic heterocycles. The number of phenolic OH excluding ortho intramolecular Hbond substituents is 2. The lowest BCUT2D eigenvalue weighted by Crippen LogP contribution is -1.77. The normalized spacial score (nSPS) is 11.3. The molecular weight excluding hydrogens is 290 g/mol. The highest BCUT2D eigenvalue weighted by Gasteiger charge is 2.07. The molecule has 0 spiro atoms. The number of para-hydroxylation sites is 1. The number of pyridine rings is 1. The number of nitrogens with zero attached hydrogens (tertiary/aromatic N) is 3. The van der Waals surface area contributed by atoms with Gasteiger partial charge in [0, 0.05) is 17.6 Å². The molecule has 0 radical (unpaired) electrons. The Bertz CT molecular complexity index is 844. The maximum atomic E-state index is 9.72. The Balaban J connectivity index is 2.04. The van der Waals surface area contributed by atoms with Crippen LogP contribution in [-0.2, 0) is 0 Å². The standard InChI is InChI=1S/C15H10ClN3O2/c16-10-7-12(14(21)8-13(10)20)19-18-11-5-1-3-9-4-2-6-17-15(9)11/h1-8,20-21H. The average Bonchev–Trinajstić information content (AvgIpc) is 2.49. The second kappa shape index (κ2) is 5.38. The van der Waals surface area contributed by atoms with Gasteiger partial charge in [-0.2, -0.15) is 0 Å². The smallest absolute Gasteiger partial charge is 0.146 e. The van der Waals surface area contributed by atoms with Gasteiger partial charge in [0.1, 0.15) is 22.9 Å².